The van der Waals surface area contributed by atoms with Crippen molar-refractivity contribution in [2.75, 3.05) is 6.79 Å². The molecule has 3 aromatic rings. The lowest BCUT2D eigenvalue weighted by atomic mass is 10.1. The standard InChI is InChI=1S/C15H10N2O2S/c1-2-6-16-11(3-1)15-17-12(8-20-15)10-4-5-13-14(7-10)19-9-18-13/h1-8H,9H2. The molecule has 98 valence electrons. The summed E-state index contributed by atoms with van der Waals surface area (Å²) >= 11 is 1.59. The summed E-state index contributed by atoms with van der Waals surface area (Å²) in [5.74, 6) is 1.56. The molecule has 0 bridgehead atoms. The van der Waals surface area contributed by atoms with E-state index < -0.39 is 0 Å². The van der Waals surface area contributed by atoms with Gasteiger partial charge in [0.05, 0.1) is 11.4 Å². The quantitative estimate of drug-likeness (QED) is 0.720. The molecule has 5 heteroatoms. The van der Waals surface area contributed by atoms with Crippen molar-refractivity contribution in [3.63, 3.8) is 0 Å². The Bertz CT molecular complexity index is 756. The number of ether oxygens (including phenoxy) is 2. The monoisotopic (exact) mass is 282 g/mol. The SMILES string of the molecule is c1ccc(-c2nc(-c3ccc4c(c3)OCO4)cs2)nc1. The molecule has 0 radical (unpaired) electrons. The van der Waals surface area contributed by atoms with E-state index in [-0.39, 0.29) is 6.79 Å². The maximum absolute atomic E-state index is 5.39. The molecule has 1 aliphatic heterocycles. The van der Waals surface area contributed by atoms with Crippen molar-refractivity contribution in [1.82, 2.24) is 9.97 Å². The molecule has 2 aromatic heterocycles. The fourth-order valence-electron chi connectivity index (χ4n) is 2.07. The number of fused-ring (bicyclic) bond motifs is 1. The number of hydrogen-bond donors (Lipinski definition) is 0. The fraction of sp³-hybridized carbons (Fsp3) is 0.0667. The summed E-state index contributed by atoms with van der Waals surface area (Å²) in [4.78, 5) is 8.95. The van der Waals surface area contributed by atoms with Crippen LogP contribution in [-0.4, -0.2) is 16.8 Å². The van der Waals surface area contributed by atoms with Crippen molar-refractivity contribution in [1.29, 1.82) is 0 Å². The van der Waals surface area contributed by atoms with Gasteiger partial charge in [0.25, 0.3) is 0 Å². The van der Waals surface area contributed by atoms with E-state index in [1.54, 1.807) is 17.5 Å². The van der Waals surface area contributed by atoms with E-state index in [2.05, 4.69) is 9.97 Å². The first-order valence-electron chi connectivity index (χ1n) is 6.17. The van der Waals surface area contributed by atoms with Crippen LogP contribution in [0.5, 0.6) is 11.5 Å². The highest BCUT2D eigenvalue weighted by molar-refractivity contribution is 7.13. The van der Waals surface area contributed by atoms with Crippen LogP contribution >= 0.6 is 11.3 Å². The maximum Gasteiger partial charge on any atom is 0.231 e. The molecule has 0 amide bonds. The van der Waals surface area contributed by atoms with E-state index in [0.29, 0.717) is 0 Å². The van der Waals surface area contributed by atoms with Gasteiger partial charge in [0.2, 0.25) is 6.79 Å². The minimum absolute atomic E-state index is 0.287. The second-order valence-electron chi connectivity index (χ2n) is 4.32. The van der Waals surface area contributed by atoms with Gasteiger partial charge in [-0.2, -0.15) is 0 Å². The van der Waals surface area contributed by atoms with Gasteiger partial charge in [0.1, 0.15) is 5.01 Å². The zero-order valence-corrected chi connectivity index (χ0v) is 11.3. The lowest BCUT2D eigenvalue weighted by Crippen LogP contribution is -1.92. The fourth-order valence-corrected chi connectivity index (χ4v) is 2.87. The Balaban J connectivity index is 1.72. The molecule has 0 saturated carbocycles. The number of nitrogens with zero attached hydrogens (tertiary/aromatic N) is 2. The summed E-state index contributed by atoms with van der Waals surface area (Å²) in [5, 5.41) is 2.94. The Kier molecular flexibility index (Phi) is 2.63. The molecule has 0 atom stereocenters. The van der Waals surface area contributed by atoms with Gasteiger partial charge >= 0.3 is 0 Å². The second kappa shape index (κ2) is 4.61. The van der Waals surface area contributed by atoms with Gasteiger partial charge < -0.3 is 9.47 Å². The summed E-state index contributed by atoms with van der Waals surface area (Å²) in [6, 6.07) is 11.7. The first-order chi connectivity index (χ1) is 9.90. The van der Waals surface area contributed by atoms with Crippen molar-refractivity contribution in [2.45, 2.75) is 0 Å². The van der Waals surface area contributed by atoms with Gasteiger partial charge in [0.15, 0.2) is 11.5 Å². The van der Waals surface area contributed by atoms with Crippen LogP contribution < -0.4 is 9.47 Å². The Morgan fingerprint density at radius 1 is 1.00 bits per heavy atom. The zero-order valence-electron chi connectivity index (χ0n) is 10.4. The summed E-state index contributed by atoms with van der Waals surface area (Å²) in [6.45, 7) is 0.287. The van der Waals surface area contributed by atoms with E-state index in [4.69, 9.17) is 9.47 Å². The largest absolute Gasteiger partial charge is 0.454 e. The van der Waals surface area contributed by atoms with E-state index in [9.17, 15) is 0 Å². The predicted octanol–water partition coefficient (Wildman–Crippen LogP) is 3.60. The Hall–Kier alpha value is -2.40. The lowest BCUT2D eigenvalue weighted by Gasteiger charge is -1.99. The molecular formula is C15H10N2O2S. The molecule has 0 N–H and O–H groups in total. The molecule has 1 aliphatic rings. The third-order valence-electron chi connectivity index (χ3n) is 3.06. The third-order valence-corrected chi connectivity index (χ3v) is 3.92. The highest BCUT2D eigenvalue weighted by Crippen LogP contribution is 2.36. The average Bonchev–Trinajstić information content (AvgIpc) is 3.16. The number of benzene rings is 1. The van der Waals surface area contributed by atoms with E-state index in [1.165, 1.54) is 0 Å². The van der Waals surface area contributed by atoms with Crippen LogP contribution in [0.1, 0.15) is 0 Å². The highest BCUT2D eigenvalue weighted by atomic mass is 32.1. The molecular weight excluding hydrogens is 272 g/mol. The molecule has 4 nitrogen and oxygen atoms in total. The van der Waals surface area contributed by atoms with Gasteiger partial charge in [-0.3, -0.25) is 4.98 Å². The third kappa shape index (κ3) is 1.92. The summed E-state index contributed by atoms with van der Waals surface area (Å²) in [6.07, 6.45) is 1.77. The molecule has 1 aromatic carbocycles. The van der Waals surface area contributed by atoms with Crippen LogP contribution in [0.2, 0.25) is 0 Å². The molecule has 0 saturated heterocycles. The van der Waals surface area contributed by atoms with Crippen molar-refractivity contribution in [2.24, 2.45) is 0 Å². The van der Waals surface area contributed by atoms with Crippen molar-refractivity contribution >= 4 is 11.3 Å². The van der Waals surface area contributed by atoms with Crippen LogP contribution in [0.15, 0.2) is 48.0 Å². The number of rotatable bonds is 2. The molecule has 0 aliphatic carbocycles. The van der Waals surface area contributed by atoms with Gasteiger partial charge in [-0.1, -0.05) is 6.07 Å². The zero-order chi connectivity index (χ0) is 13.4. The Morgan fingerprint density at radius 2 is 1.95 bits per heavy atom. The summed E-state index contributed by atoms with van der Waals surface area (Å²) in [7, 11) is 0. The first kappa shape index (κ1) is 11.4. The summed E-state index contributed by atoms with van der Waals surface area (Å²) in [5.41, 5.74) is 2.84. The molecule has 0 spiro atoms. The molecule has 3 heterocycles. The van der Waals surface area contributed by atoms with Gasteiger partial charge in [-0.15, -0.1) is 11.3 Å². The van der Waals surface area contributed by atoms with E-state index >= 15 is 0 Å². The number of pyridine rings is 1. The normalized spacial score (nSPS) is 12.6. The lowest BCUT2D eigenvalue weighted by molar-refractivity contribution is 0.174. The second-order valence-corrected chi connectivity index (χ2v) is 5.18. The van der Waals surface area contributed by atoms with Gasteiger partial charge in [-0.05, 0) is 30.3 Å². The van der Waals surface area contributed by atoms with Crippen molar-refractivity contribution in [3.8, 4) is 33.5 Å². The molecule has 20 heavy (non-hydrogen) atoms. The minimum Gasteiger partial charge on any atom is -0.454 e. The topological polar surface area (TPSA) is 44.2 Å². The van der Waals surface area contributed by atoms with Crippen LogP contribution in [0, 0.1) is 0 Å². The van der Waals surface area contributed by atoms with Gasteiger partial charge in [-0.25, -0.2) is 4.98 Å². The number of hydrogen-bond acceptors (Lipinski definition) is 5. The first-order valence-corrected chi connectivity index (χ1v) is 7.05. The number of thiazole rings is 1. The van der Waals surface area contributed by atoms with Crippen LogP contribution in [-0.2, 0) is 0 Å². The number of aromatic nitrogens is 2. The average molecular weight is 282 g/mol. The van der Waals surface area contributed by atoms with Crippen LogP contribution in [0.3, 0.4) is 0 Å². The maximum atomic E-state index is 5.39. The molecule has 0 fully saturated rings. The van der Waals surface area contributed by atoms with Crippen molar-refractivity contribution in [3.05, 3.63) is 48.0 Å². The Labute approximate surface area is 119 Å². The smallest absolute Gasteiger partial charge is 0.231 e. The van der Waals surface area contributed by atoms with E-state index in [1.807, 2.05) is 41.8 Å². The summed E-state index contributed by atoms with van der Waals surface area (Å²) < 4.78 is 10.7. The highest BCUT2D eigenvalue weighted by Gasteiger charge is 2.15. The predicted molar refractivity (Wildman–Crippen MR) is 76.9 cm³/mol. The Morgan fingerprint density at radius 3 is 2.85 bits per heavy atom. The minimum atomic E-state index is 0.287. The van der Waals surface area contributed by atoms with Crippen LogP contribution in [0.4, 0.5) is 0 Å². The molecule has 4 rings (SSSR count). The van der Waals surface area contributed by atoms with Crippen molar-refractivity contribution < 1.29 is 9.47 Å². The van der Waals surface area contributed by atoms with Crippen LogP contribution in [0.25, 0.3) is 22.0 Å². The van der Waals surface area contributed by atoms with E-state index in [0.717, 1.165) is 33.5 Å². The van der Waals surface area contributed by atoms with Gasteiger partial charge in [0, 0.05) is 17.1 Å². The molecule has 0 unspecified atom stereocenters.